The zero-order chi connectivity index (χ0) is 18.6. The molecule has 5 nitrogen and oxygen atoms in total. The molecule has 1 aromatic heterocycles. The van der Waals surface area contributed by atoms with Crippen LogP contribution in [0.2, 0.25) is 0 Å². The molecule has 0 bridgehead atoms. The Balaban J connectivity index is 1.27. The van der Waals surface area contributed by atoms with Crippen molar-refractivity contribution in [1.82, 2.24) is 4.90 Å². The molecular formula is C21H24FNO4. The van der Waals surface area contributed by atoms with E-state index in [9.17, 15) is 9.18 Å². The third-order valence-corrected chi connectivity index (χ3v) is 5.31. The second-order valence-electron chi connectivity index (χ2n) is 7.07. The molecule has 1 amide bonds. The maximum Gasteiger partial charge on any atom is 0.223 e. The molecule has 6 heteroatoms. The average Bonchev–Trinajstić information content (AvgIpc) is 3.39. The lowest BCUT2D eigenvalue weighted by Gasteiger charge is -2.33. The van der Waals surface area contributed by atoms with Gasteiger partial charge in [0.2, 0.25) is 5.91 Å². The van der Waals surface area contributed by atoms with Gasteiger partial charge in [-0.05, 0) is 37.1 Å². The van der Waals surface area contributed by atoms with Gasteiger partial charge in [0.05, 0.1) is 18.8 Å². The van der Waals surface area contributed by atoms with Crippen LogP contribution in [0.15, 0.2) is 40.8 Å². The van der Waals surface area contributed by atoms with Crippen LogP contribution in [-0.4, -0.2) is 43.4 Å². The van der Waals surface area contributed by atoms with Crippen LogP contribution < -0.4 is 0 Å². The van der Waals surface area contributed by atoms with Crippen molar-refractivity contribution in [1.29, 1.82) is 0 Å². The van der Waals surface area contributed by atoms with Crippen molar-refractivity contribution in [3.63, 3.8) is 0 Å². The predicted octanol–water partition coefficient (Wildman–Crippen LogP) is 3.63. The number of aryl methyl sites for hydroxylation is 1. The second kappa shape index (κ2) is 8.23. The summed E-state index contributed by atoms with van der Waals surface area (Å²) in [5, 5.41) is 0. The number of amides is 1. The molecule has 0 saturated carbocycles. The predicted molar refractivity (Wildman–Crippen MR) is 97.4 cm³/mol. The molecular weight excluding hydrogens is 349 g/mol. The number of piperidine rings is 1. The zero-order valence-electron chi connectivity index (χ0n) is 15.2. The Bertz CT molecular complexity index is 776. The number of hydrogen-bond acceptors (Lipinski definition) is 4. The first-order chi connectivity index (χ1) is 13.2. The number of ether oxygens (including phenoxy) is 2. The molecule has 2 aliphatic heterocycles. The summed E-state index contributed by atoms with van der Waals surface area (Å²) in [7, 11) is 0. The van der Waals surface area contributed by atoms with Gasteiger partial charge in [-0.25, -0.2) is 4.39 Å². The van der Waals surface area contributed by atoms with E-state index in [2.05, 4.69) is 0 Å². The largest absolute Gasteiger partial charge is 0.461 e. The van der Waals surface area contributed by atoms with E-state index in [1.165, 1.54) is 6.07 Å². The Morgan fingerprint density at radius 1 is 1.07 bits per heavy atom. The van der Waals surface area contributed by atoms with E-state index in [0.29, 0.717) is 49.1 Å². The molecule has 27 heavy (non-hydrogen) atoms. The summed E-state index contributed by atoms with van der Waals surface area (Å²) >= 11 is 0. The normalized spacial score (nSPS) is 18.9. The lowest BCUT2D eigenvalue weighted by Crippen LogP contribution is -2.41. The van der Waals surface area contributed by atoms with Gasteiger partial charge >= 0.3 is 0 Å². The quantitative estimate of drug-likeness (QED) is 0.803. The summed E-state index contributed by atoms with van der Waals surface area (Å²) in [5.74, 6) is 1.39. The number of carbonyl (C=O) groups excluding carboxylic acids is 1. The first-order valence-electron chi connectivity index (χ1n) is 9.55. The topological polar surface area (TPSA) is 51.9 Å². The highest BCUT2D eigenvalue weighted by atomic mass is 19.1. The Morgan fingerprint density at radius 2 is 1.81 bits per heavy atom. The second-order valence-corrected chi connectivity index (χ2v) is 7.07. The third kappa shape index (κ3) is 4.22. The Kier molecular flexibility index (Phi) is 5.55. The highest BCUT2D eigenvalue weighted by molar-refractivity contribution is 5.76. The van der Waals surface area contributed by atoms with E-state index >= 15 is 0 Å². The van der Waals surface area contributed by atoms with Crippen LogP contribution in [0, 0.1) is 11.7 Å². The van der Waals surface area contributed by atoms with Crippen molar-refractivity contribution in [2.24, 2.45) is 5.92 Å². The summed E-state index contributed by atoms with van der Waals surface area (Å²) < 4.78 is 30.7. The zero-order valence-corrected chi connectivity index (χ0v) is 15.2. The minimum absolute atomic E-state index is 0.0952. The number of furan rings is 1. The van der Waals surface area contributed by atoms with Crippen molar-refractivity contribution in [2.75, 3.05) is 26.3 Å². The van der Waals surface area contributed by atoms with Gasteiger partial charge in [-0.1, -0.05) is 12.1 Å². The van der Waals surface area contributed by atoms with Crippen molar-refractivity contribution in [3.8, 4) is 11.3 Å². The lowest BCUT2D eigenvalue weighted by molar-refractivity contribution is -0.136. The van der Waals surface area contributed by atoms with Gasteiger partial charge < -0.3 is 18.8 Å². The fraction of sp³-hybridized carbons (Fsp3) is 0.476. The van der Waals surface area contributed by atoms with E-state index in [0.717, 1.165) is 25.9 Å². The van der Waals surface area contributed by atoms with E-state index in [-0.39, 0.29) is 18.0 Å². The van der Waals surface area contributed by atoms with Crippen LogP contribution in [0.4, 0.5) is 4.39 Å². The van der Waals surface area contributed by atoms with Gasteiger partial charge in [0.25, 0.3) is 0 Å². The number of nitrogens with zero attached hydrogens (tertiary/aromatic N) is 1. The Morgan fingerprint density at radius 3 is 2.56 bits per heavy atom. The number of benzene rings is 1. The minimum atomic E-state index is -0.312. The maximum absolute atomic E-state index is 13.8. The number of rotatable bonds is 5. The van der Waals surface area contributed by atoms with Gasteiger partial charge in [-0.3, -0.25) is 4.79 Å². The fourth-order valence-corrected chi connectivity index (χ4v) is 3.78. The fourth-order valence-electron chi connectivity index (χ4n) is 3.78. The van der Waals surface area contributed by atoms with Crippen LogP contribution in [0.25, 0.3) is 11.3 Å². The van der Waals surface area contributed by atoms with Gasteiger partial charge in [0.15, 0.2) is 6.29 Å². The van der Waals surface area contributed by atoms with Crippen LogP contribution in [0.3, 0.4) is 0 Å². The average molecular weight is 373 g/mol. The molecule has 0 unspecified atom stereocenters. The summed E-state index contributed by atoms with van der Waals surface area (Å²) in [6.07, 6.45) is 2.64. The summed E-state index contributed by atoms with van der Waals surface area (Å²) in [6.45, 7) is 2.82. The van der Waals surface area contributed by atoms with Crippen LogP contribution >= 0.6 is 0 Å². The molecule has 3 heterocycles. The highest BCUT2D eigenvalue weighted by Gasteiger charge is 2.31. The van der Waals surface area contributed by atoms with Crippen LogP contribution in [-0.2, 0) is 20.7 Å². The lowest BCUT2D eigenvalue weighted by atomic mass is 9.96. The van der Waals surface area contributed by atoms with E-state index in [1.54, 1.807) is 24.3 Å². The monoisotopic (exact) mass is 373 g/mol. The Hall–Kier alpha value is -2.18. The highest BCUT2D eigenvalue weighted by Crippen LogP contribution is 2.27. The van der Waals surface area contributed by atoms with Gasteiger partial charge in [0, 0.05) is 31.8 Å². The molecule has 2 fully saturated rings. The molecule has 2 aromatic rings. The van der Waals surface area contributed by atoms with Crippen LogP contribution in [0.5, 0.6) is 0 Å². The SMILES string of the molecule is O=C(CCc1ccc(-c2ccccc2F)o1)N1CCC(C2OCCO2)CC1. The molecule has 2 saturated heterocycles. The smallest absolute Gasteiger partial charge is 0.223 e. The van der Waals surface area contributed by atoms with Crippen molar-refractivity contribution < 1.29 is 23.1 Å². The first kappa shape index (κ1) is 18.2. The van der Waals surface area contributed by atoms with Gasteiger partial charge in [-0.15, -0.1) is 0 Å². The summed E-state index contributed by atoms with van der Waals surface area (Å²) in [5.41, 5.74) is 0.438. The molecule has 2 aliphatic rings. The first-order valence-corrected chi connectivity index (χ1v) is 9.55. The van der Waals surface area contributed by atoms with Gasteiger partial charge in [0.1, 0.15) is 17.3 Å². The number of carbonyl (C=O) groups is 1. The molecule has 4 rings (SSSR count). The number of likely N-dealkylation sites (tertiary alicyclic amines) is 1. The molecule has 1 aromatic carbocycles. The maximum atomic E-state index is 13.8. The molecule has 0 radical (unpaired) electrons. The van der Waals surface area contributed by atoms with Crippen molar-refractivity contribution in [2.45, 2.75) is 32.0 Å². The minimum Gasteiger partial charge on any atom is -0.461 e. The molecule has 0 aliphatic carbocycles. The number of halogens is 1. The van der Waals surface area contributed by atoms with Crippen LogP contribution in [0.1, 0.15) is 25.0 Å². The molecule has 0 spiro atoms. The Labute approximate surface area is 158 Å². The van der Waals surface area contributed by atoms with Crippen molar-refractivity contribution >= 4 is 5.91 Å². The van der Waals surface area contributed by atoms with Gasteiger partial charge in [-0.2, -0.15) is 0 Å². The van der Waals surface area contributed by atoms with Crippen molar-refractivity contribution in [3.05, 3.63) is 48.0 Å². The number of hydrogen-bond donors (Lipinski definition) is 0. The molecule has 144 valence electrons. The molecule has 0 N–H and O–H groups in total. The van der Waals surface area contributed by atoms with E-state index < -0.39 is 0 Å². The summed E-state index contributed by atoms with van der Waals surface area (Å²) in [4.78, 5) is 14.4. The van der Waals surface area contributed by atoms with E-state index in [1.807, 2.05) is 11.0 Å². The third-order valence-electron chi connectivity index (χ3n) is 5.31. The molecule has 0 atom stereocenters. The standard InChI is InChI=1S/C21H24FNO4/c22-18-4-2-1-3-17(18)19-7-5-16(27-19)6-8-20(24)23-11-9-15(10-12-23)21-25-13-14-26-21/h1-5,7,15,21H,6,8-14H2. The van der Waals surface area contributed by atoms with E-state index in [4.69, 9.17) is 13.9 Å². The summed E-state index contributed by atoms with van der Waals surface area (Å²) in [6, 6.07) is 10.1.